The quantitative estimate of drug-likeness (QED) is 0.229. The fraction of sp³-hybridized carbons (Fsp3) is 0.405. The molecule has 9 heteroatoms. The van der Waals surface area contributed by atoms with E-state index in [1.54, 1.807) is 0 Å². The smallest absolute Gasteiger partial charge is 0.306 e. The van der Waals surface area contributed by atoms with Crippen LogP contribution in [-0.2, 0) is 43.2 Å². The minimum absolute atomic E-state index is 0.189. The molecule has 0 aliphatic carbocycles. The molecule has 3 aromatic rings. The number of rotatable bonds is 9. The van der Waals surface area contributed by atoms with E-state index in [1.807, 2.05) is 99.6 Å². The van der Waals surface area contributed by atoms with E-state index in [4.69, 9.17) is 9.47 Å². The van der Waals surface area contributed by atoms with Crippen LogP contribution in [0.4, 0.5) is 0 Å². The Morgan fingerprint density at radius 2 is 1.52 bits per heavy atom. The first-order chi connectivity index (χ1) is 21.9. The third-order valence-corrected chi connectivity index (χ3v) is 7.60. The molecule has 3 N–H and O–H groups in total. The number of fused-ring (bicyclic) bond motifs is 4. The molecule has 0 saturated heterocycles. The summed E-state index contributed by atoms with van der Waals surface area (Å²) in [4.78, 5) is 52.6. The minimum atomic E-state index is -0.880. The van der Waals surface area contributed by atoms with Crippen LogP contribution >= 0.6 is 0 Å². The van der Waals surface area contributed by atoms with Crippen molar-refractivity contribution < 1.29 is 28.7 Å². The molecule has 0 radical (unpaired) electrons. The Kier molecular flexibility index (Phi) is 12.1. The number of ketones is 1. The van der Waals surface area contributed by atoms with Crippen molar-refractivity contribution in [3.63, 3.8) is 0 Å². The van der Waals surface area contributed by atoms with Crippen LogP contribution in [0.15, 0.2) is 78.9 Å². The molecule has 2 amide bonds. The van der Waals surface area contributed by atoms with E-state index >= 15 is 0 Å². The first kappa shape index (κ1) is 34.4. The lowest BCUT2D eigenvalue weighted by molar-refractivity contribution is -0.154. The van der Waals surface area contributed by atoms with Crippen molar-refractivity contribution in [2.45, 2.75) is 89.9 Å². The van der Waals surface area contributed by atoms with Crippen LogP contribution in [0.1, 0.15) is 63.6 Å². The van der Waals surface area contributed by atoms with Gasteiger partial charge in [0.2, 0.25) is 11.8 Å². The van der Waals surface area contributed by atoms with Gasteiger partial charge in [-0.15, -0.1) is 0 Å². The van der Waals surface area contributed by atoms with E-state index < -0.39 is 29.6 Å². The van der Waals surface area contributed by atoms with Crippen molar-refractivity contribution in [3.05, 3.63) is 95.6 Å². The van der Waals surface area contributed by atoms with Crippen molar-refractivity contribution in [1.82, 2.24) is 16.0 Å². The van der Waals surface area contributed by atoms with Crippen LogP contribution in [0, 0.1) is 0 Å². The molecular formula is C37H45N3O6. The molecule has 1 heterocycles. The number of carbonyl (C=O) groups excluding carboxylic acids is 4. The van der Waals surface area contributed by atoms with Crippen molar-refractivity contribution in [3.8, 4) is 11.5 Å². The van der Waals surface area contributed by atoms with Crippen LogP contribution in [0.2, 0.25) is 0 Å². The van der Waals surface area contributed by atoms with Gasteiger partial charge in [-0.05, 0) is 107 Å². The summed E-state index contributed by atoms with van der Waals surface area (Å²) in [7, 11) is 0. The third kappa shape index (κ3) is 11.1. The summed E-state index contributed by atoms with van der Waals surface area (Å²) in [6, 6.07) is 22.4. The second kappa shape index (κ2) is 16.2. The Hall–Kier alpha value is -4.50. The van der Waals surface area contributed by atoms with Crippen molar-refractivity contribution >= 4 is 23.6 Å². The first-order valence-electron chi connectivity index (χ1n) is 15.9. The van der Waals surface area contributed by atoms with Gasteiger partial charge < -0.3 is 25.4 Å². The number of aryl methyl sites for hydroxylation is 1. The summed E-state index contributed by atoms with van der Waals surface area (Å²) < 4.78 is 11.6. The first-order valence-corrected chi connectivity index (χ1v) is 15.9. The summed E-state index contributed by atoms with van der Waals surface area (Å²) in [5, 5.41) is 9.17. The van der Waals surface area contributed by atoms with Gasteiger partial charge in [0, 0.05) is 6.42 Å². The predicted octanol–water partition coefficient (Wildman–Crippen LogP) is 4.85. The molecule has 0 spiro atoms. The Morgan fingerprint density at radius 1 is 0.870 bits per heavy atom. The van der Waals surface area contributed by atoms with Crippen molar-refractivity contribution in [2.24, 2.45) is 0 Å². The molecule has 4 bridgehead atoms. The number of ether oxygens (including phenoxy) is 2. The number of carbonyl (C=O) groups is 4. The second-order valence-electron chi connectivity index (χ2n) is 12.8. The van der Waals surface area contributed by atoms with Crippen LogP contribution < -0.4 is 20.7 Å². The number of amides is 2. The molecule has 0 saturated carbocycles. The SMILES string of the molecule is CC(=O)[C@@H]1Cc2cccc(c2)Oc2cccc(c2)C[C@H](NCCCC(=O)OC(C)(C)C)C(=O)N[C@@H](CCc2ccccc2)C(=O)N1. The van der Waals surface area contributed by atoms with Gasteiger partial charge in [0.25, 0.3) is 0 Å². The van der Waals surface area contributed by atoms with E-state index in [0.717, 1.165) is 16.7 Å². The topological polar surface area (TPSA) is 123 Å². The van der Waals surface area contributed by atoms with E-state index in [1.165, 1.54) is 6.92 Å². The molecule has 3 atom stereocenters. The number of hydrogen-bond donors (Lipinski definition) is 3. The molecule has 0 fully saturated rings. The zero-order chi connectivity index (χ0) is 33.1. The van der Waals surface area contributed by atoms with Gasteiger partial charge in [-0.25, -0.2) is 0 Å². The average molecular weight is 628 g/mol. The standard InChI is InChI=1S/C37H45N3O6/c1-25(41)32-23-27-13-8-15-29(21-27)45-30-16-9-14-28(22-30)24-33(38-20-10-17-34(42)46-37(2,3)4)36(44)39-31(35(43)40-32)19-18-26-11-6-5-7-12-26/h5-9,11-16,21-22,31-33,38H,10,17-20,23-24H2,1-4H3,(H,39,44)(H,40,43)/t31-,32-,33-/m0/s1. The zero-order valence-corrected chi connectivity index (χ0v) is 27.1. The lowest BCUT2D eigenvalue weighted by Gasteiger charge is -2.26. The van der Waals surface area contributed by atoms with E-state index in [2.05, 4.69) is 16.0 Å². The molecule has 0 unspecified atom stereocenters. The number of esters is 1. The summed E-state index contributed by atoms with van der Waals surface area (Å²) in [6.07, 6.45) is 2.17. The lowest BCUT2D eigenvalue weighted by Crippen LogP contribution is -2.56. The largest absolute Gasteiger partial charge is 0.460 e. The summed E-state index contributed by atoms with van der Waals surface area (Å²) >= 11 is 0. The Labute approximate surface area is 271 Å². The third-order valence-electron chi connectivity index (χ3n) is 7.60. The Morgan fingerprint density at radius 3 is 2.15 bits per heavy atom. The molecule has 9 nitrogen and oxygen atoms in total. The summed E-state index contributed by atoms with van der Waals surface area (Å²) in [6.45, 7) is 7.30. The molecule has 1 aliphatic heterocycles. The maximum absolute atomic E-state index is 13.9. The molecule has 0 aromatic heterocycles. The molecular weight excluding hydrogens is 582 g/mol. The fourth-order valence-corrected chi connectivity index (χ4v) is 5.30. The fourth-order valence-electron chi connectivity index (χ4n) is 5.30. The van der Waals surface area contributed by atoms with E-state index in [9.17, 15) is 19.2 Å². The predicted molar refractivity (Wildman–Crippen MR) is 177 cm³/mol. The average Bonchev–Trinajstić information content (AvgIpc) is 2.99. The van der Waals surface area contributed by atoms with Gasteiger partial charge in [0.15, 0.2) is 5.78 Å². The monoisotopic (exact) mass is 627 g/mol. The normalized spacial score (nSPS) is 18.9. The van der Waals surface area contributed by atoms with Gasteiger partial charge in [-0.2, -0.15) is 0 Å². The number of hydrogen-bond acceptors (Lipinski definition) is 7. The van der Waals surface area contributed by atoms with Crippen molar-refractivity contribution in [1.29, 1.82) is 0 Å². The van der Waals surface area contributed by atoms with E-state index in [-0.39, 0.29) is 30.5 Å². The number of nitrogens with one attached hydrogen (secondary N) is 3. The van der Waals surface area contributed by atoms with Gasteiger partial charge in [0.05, 0.1) is 12.1 Å². The highest BCUT2D eigenvalue weighted by atomic mass is 16.6. The van der Waals surface area contributed by atoms with Gasteiger partial charge >= 0.3 is 5.97 Å². The van der Waals surface area contributed by atoms with Crippen LogP contribution in [0.5, 0.6) is 11.5 Å². The maximum Gasteiger partial charge on any atom is 0.306 e. The van der Waals surface area contributed by atoms with Gasteiger partial charge in [-0.1, -0.05) is 54.6 Å². The highest BCUT2D eigenvalue weighted by molar-refractivity contribution is 5.93. The summed E-state index contributed by atoms with van der Waals surface area (Å²) in [5.41, 5.74) is 2.16. The molecule has 1 aliphatic rings. The van der Waals surface area contributed by atoms with Gasteiger partial charge in [-0.3, -0.25) is 19.2 Å². The van der Waals surface area contributed by atoms with Crippen LogP contribution in [-0.4, -0.2) is 53.8 Å². The highest BCUT2D eigenvalue weighted by Crippen LogP contribution is 2.25. The minimum Gasteiger partial charge on any atom is -0.460 e. The number of benzene rings is 3. The Bertz CT molecular complexity index is 1500. The molecule has 46 heavy (non-hydrogen) atoms. The van der Waals surface area contributed by atoms with Crippen LogP contribution in [0.3, 0.4) is 0 Å². The molecule has 3 aromatic carbocycles. The number of Topliss-reactive ketones (excluding diaryl/α,β-unsaturated/α-hetero) is 1. The lowest BCUT2D eigenvalue weighted by atomic mass is 9.99. The summed E-state index contributed by atoms with van der Waals surface area (Å²) in [5.74, 6) is -0.0497. The highest BCUT2D eigenvalue weighted by Gasteiger charge is 2.29. The second-order valence-corrected chi connectivity index (χ2v) is 12.8. The Balaban J connectivity index is 1.61. The van der Waals surface area contributed by atoms with Crippen molar-refractivity contribution in [2.75, 3.05) is 6.54 Å². The zero-order valence-electron chi connectivity index (χ0n) is 27.1. The van der Waals surface area contributed by atoms with Gasteiger partial charge in [0.1, 0.15) is 23.1 Å². The van der Waals surface area contributed by atoms with E-state index in [0.29, 0.717) is 43.7 Å². The molecule has 4 rings (SSSR count). The maximum atomic E-state index is 13.9. The molecule has 244 valence electrons. The van der Waals surface area contributed by atoms with Crippen LogP contribution in [0.25, 0.3) is 0 Å².